The van der Waals surface area contributed by atoms with Gasteiger partial charge in [0.1, 0.15) is 0 Å². The van der Waals surface area contributed by atoms with Gasteiger partial charge in [0.2, 0.25) is 0 Å². The molecule has 0 spiro atoms. The third-order valence-corrected chi connectivity index (χ3v) is 21.0. The van der Waals surface area contributed by atoms with Crippen LogP contribution in [-0.2, 0) is 19.3 Å². The molecule has 588 valence electrons. The molecule has 0 aliphatic rings. The second-order valence-corrected chi connectivity index (χ2v) is 29.8. The fourth-order valence-corrected chi connectivity index (χ4v) is 14.8. The zero-order valence-electron chi connectivity index (χ0n) is 68.4. The highest BCUT2D eigenvalue weighted by atomic mass is 14.9. The molecular weight excluding hydrogens is 1470 g/mol. The predicted molar refractivity (Wildman–Crippen MR) is 523 cm³/mol. The maximum Gasteiger partial charge on any atom is 0.0464 e. The highest BCUT2D eigenvalue weighted by Gasteiger charge is 2.09. The van der Waals surface area contributed by atoms with Crippen LogP contribution in [0.2, 0.25) is 0 Å². The van der Waals surface area contributed by atoms with E-state index < -0.39 is 0 Å². The van der Waals surface area contributed by atoms with E-state index in [1.807, 2.05) is 36.4 Å². The first-order valence-electron chi connectivity index (χ1n) is 41.8. The van der Waals surface area contributed by atoms with Crippen molar-refractivity contribution in [3.05, 3.63) is 567 Å². The maximum absolute atomic E-state index is 3.59. The fraction of sp³-hybridized carbons (Fsp3) is 0.0252. The van der Waals surface area contributed by atoms with Crippen LogP contribution in [0.15, 0.2) is 534 Å². The van der Waals surface area contributed by atoms with Gasteiger partial charge in [0.15, 0.2) is 0 Å². The minimum Gasteiger partial charge on any atom is -0.356 e. The SMILES string of the molecule is c1ccc(-c2ccc(Nc3ccc(-c4ccccc4)cc3)cc2)cc1.c1ccc(-c2cccc(Cc3cccc(-c4ccccc4)c3)c2)cc1.c1ccc(Cc2cccc(-c3ccccc3)c2)cc1.c1ccc(Cc2ccccc2)cc1.c1ccc(Nc2ccc(-c3ccccc3)cc2)cc1.c1ccc2c(Nc3cccc4ccccc34)cccc2c1. The smallest absolute Gasteiger partial charge is 0.0464 e. The fourth-order valence-electron chi connectivity index (χ4n) is 14.8. The lowest BCUT2D eigenvalue weighted by atomic mass is 9.97. The Bertz CT molecular complexity index is 6170. The molecule has 0 atom stereocenters. The van der Waals surface area contributed by atoms with E-state index in [1.54, 1.807) is 0 Å². The average Bonchev–Trinajstić information content (AvgIpc) is 0.793. The molecule has 0 saturated heterocycles. The van der Waals surface area contributed by atoms with E-state index in [9.17, 15) is 0 Å². The molecule has 0 heterocycles. The van der Waals surface area contributed by atoms with Crippen molar-refractivity contribution < 1.29 is 0 Å². The van der Waals surface area contributed by atoms with E-state index in [0.29, 0.717) is 0 Å². The van der Waals surface area contributed by atoms with E-state index in [-0.39, 0.29) is 0 Å². The second kappa shape index (κ2) is 43.5. The van der Waals surface area contributed by atoms with Crippen molar-refractivity contribution in [1.82, 2.24) is 0 Å². The molecule has 0 fully saturated rings. The van der Waals surface area contributed by atoms with Crippen LogP contribution in [0.5, 0.6) is 0 Å². The summed E-state index contributed by atoms with van der Waals surface area (Å²) in [6.07, 6.45) is 2.96. The second-order valence-electron chi connectivity index (χ2n) is 29.8. The molecule has 0 aliphatic heterocycles. The van der Waals surface area contributed by atoms with Crippen LogP contribution in [0.4, 0.5) is 34.1 Å². The van der Waals surface area contributed by atoms with E-state index in [2.05, 4.69) is 513 Å². The molecule has 3 N–H and O–H groups in total. The lowest BCUT2D eigenvalue weighted by Gasteiger charge is -2.12. The Morgan fingerprint density at radius 2 is 0.311 bits per heavy atom. The Morgan fingerprint density at radius 3 is 0.607 bits per heavy atom. The number of para-hydroxylation sites is 1. The first kappa shape index (κ1) is 81.5. The summed E-state index contributed by atoms with van der Waals surface area (Å²) in [4.78, 5) is 0. The van der Waals surface area contributed by atoms with Crippen LogP contribution in [0.3, 0.4) is 0 Å². The summed E-state index contributed by atoms with van der Waals surface area (Å²) in [7, 11) is 0. The Kier molecular flexibility index (Phi) is 29.0. The quantitative estimate of drug-likeness (QED) is 0.0801. The lowest BCUT2D eigenvalue weighted by molar-refractivity contribution is 1.19. The molecule has 122 heavy (non-hydrogen) atoms. The molecule has 0 unspecified atom stereocenters. The first-order valence-corrected chi connectivity index (χ1v) is 41.8. The highest BCUT2D eigenvalue weighted by molar-refractivity contribution is 6.00. The van der Waals surface area contributed by atoms with Gasteiger partial charge in [-0.1, -0.05) is 473 Å². The Balaban J connectivity index is 0.000000115. The van der Waals surface area contributed by atoms with Crippen molar-refractivity contribution in [2.75, 3.05) is 16.0 Å². The zero-order chi connectivity index (χ0) is 82.6. The normalized spacial score (nSPS) is 10.4. The number of hydrogen-bond donors (Lipinski definition) is 3. The van der Waals surface area contributed by atoms with Crippen molar-refractivity contribution in [2.45, 2.75) is 19.3 Å². The van der Waals surface area contributed by atoms with Gasteiger partial charge in [0.05, 0.1) is 0 Å². The van der Waals surface area contributed by atoms with Gasteiger partial charge in [-0.05, 0) is 191 Å². The van der Waals surface area contributed by atoms with Crippen molar-refractivity contribution in [3.63, 3.8) is 0 Å². The van der Waals surface area contributed by atoms with Gasteiger partial charge in [0.25, 0.3) is 0 Å². The van der Waals surface area contributed by atoms with Crippen LogP contribution in [-0.4, -0.2) is 0 Å². The molecule has 0 saturated carbocycles. The summed E-state index contributed by atoms with van der Waals surface area (Å²) in [6, 6.07) is 186. The number of hydrogen-bond acceptors (Lipinski definition) is 3. The van der Waals surface area contributed by atoms with Gasteiger partial charge >= 0.3 is 0 Å². The van der Waals surface area contributed by atoms with E-state index in [1.165, 1.54) is 122 Å². The zero-order valence-corrected chi connectivity index (χ0v) is 68.4. The highest BCUT2D eigenvalue weighted by Crippen LogP contribution is 2.33. The minimum absolute atomic E-state index is 0.946. The van der Waals surface area contributed by atoms with E-state index >= 15 is 0 Å². The summed E-state index contributed by atoms with van der Waals surface area (Å²) in [6.45, 7) is 0. The van der Waals surface area contributed by atoms with Crippen LogP contribution in [0, 0.1) is 0 Å². The molecule has 0 radical (unpaired) electrons. The Hall–Kier alpha value is -15.7. The summed E-state index contributed by atoms with van der Waals surface area (Å²) in [5.41, 5.74) is 29.9. The molecular formula is C119H97N3. The third-order valence-electron chi connectivity index (χ3n) is 21.0. The molecule has 20 aromatic carbocycles. The van der Waals surface area contributed by atoms with Gasteiger partial charge in [-0.3, -0.25) is 0 Å². The van der Waals surface area contributed by atoms with Crippen molar-refractivity contribution in [3.8, 4) is 66.8 Å². The largest absolute Gasteiger partial charge is 0.356 e. The third kappa shape index (κ3) is 24.2. The van der Waals surface area contributed by atoms with Crippen LogP contribution >= 0.6 is 0 Å². The lowest BCUT2D eigenvalue weighted by Crippen LogP contribution is -1.92. The van der Waals surface area contributed by atoms with Crippen molar-refractivity contribution >= 4 is 55.7 Å². The average molecular weight is 1570 g/mol. The summed E-state index contributed by atoms with van der Waals surface area (Å²) in [5.74, 6) is 0. The van der Waals surface area contributed by atoms with Crippen LogP contribution < -0.4 is 16.0 Å². The molecule has 0 amide bonds. The Morgan fingerprint density at radius 1 is 0.123 bits per heavy atom. The van der Waals surface area contributed by atoms with Gasteiger partial charge in [0, 0.05) is 44.9 Å². The number of rotatable bonds is 18. The summed E-state index contributed by atoms with van der Waals surface area (Å²) < 4.78 is 0. The number of benzene rings is 20. The van der Waals surface area contributed by atoms with Gasteiger partial charge < -0.3 is 16.0 Å². The topological polar surface area (TPSA) is 36.1 Å². The maximum atomic E-state index is 3.59. The molecule has 0 aromatic heterocycles. The van der Waals surface area contributed by atoms with Gasteiger partial charge in [-0.15, -0.1) is 0 Å². The van der Waals surface area contributed by atoms with Gasteiger partial charge in [-0.2, -0.15) is 0 Å². The summed E-state index contributed by atoms with van der Waals surface area (Å²) >= 11 is 0. The number of anilines is 6. The number of nitrogens with one attached hydrogen (secondary N) is 3. The molecule has 20 rings (SSSR count). The predicted octanol–water partition coefficient (Wildman–Crippen LogP) is 32.4. The molecule has 0 bridgehead atoms. The Labute approximate surface area is 720 Å². The van der Waals surface area contributed by atoms with Gasteiger partial charge in [-0.25, -0.2) is 0 Å². The molecule has 20 aromatic rings. The van der Waals surface area contributed by atoms with E-state index in [4.69, 9.17) is 0 Å². The first-order chi connectivity index (χ1) is 60.5. The minimum atomic E-state index is 0.946. The van der Waals surface area contributed by atoms with Crippen LogP contribution in [0.1, 0.15) is 33.4 Å². The standard InChI is InChI=1S/C25H20.C24H19N.C20H15N.C19H16.C18H15N.C13H12/c1-3-11-22(12-4-1)24-15-7-9-20(18-24)17-21-10-8-16-25(19-21)23-13-5-2-6-14-23;1-3-7-19(8-4-1)21-11-15-23(16-12-21)25-24-17-13-22(14-18-24)20-9-5-2-6-10-20;1-3-11-17-15(7-1)9-5-13-19(17)21-20-14-6-10-16-8-2-4-12-18(16)20;1-3-8-16(9-4-1)14-17-10-7-13-19(15-17)18-11-5-2-6-12-18;1-3-7-15(8-4-1)16-11-13-18(14-12-16)19-17-9-5-2-6-10-17;1-3-7-12(8-4-1)11-13-9-5-2-6-10-13/h1-16,18-19H,17H2;1-18,25H;1-14,21H;1-13,15H,14H2;1-14,19H;1-10H,11H2. The van der Waals surface area contributed by atoms with E-state index in [0.717, 1.165) is 53.4 Å². The molecule has 3 nitrogen and oxygen atoms in total. The number of fused-ring (bicyclic) bond motifs is 2. The van der Waals surface area contributed by atoms with Crippen molar-refractivity contribution in [1.29, 1.82) is 0 Å². The molecule has 3 heteroatoms. The van der Waals surface area contributed by atoms with Crippen molar-refractivity contribution in [2.24, 2.45) is 0 Å². The molecule has 0 aliphatic carbocycles. The summed E-state index contributed by atoms with van der Waals surface area (Å²) in [5, 5.41) is 15.4. The van der Waals surface area contributed by atoms with Crippen LogP contribution in [0.25, 0.3) is 88.3 Å². The monoisotopic (exact) mass is 1570 g/mol.